The maximum atomic E-state index is 12.8. The van der Waals surface area contributed by atoms with Gasteiger partial charge in [-0.1, -0.05) is 18.2 Å². The van der Waals surface area contributed by atoms with Crippen LogP contribution in [-0.4, -0.2) is 13.1 Å². The van der Waals surface area contributed by atoms with Crippen molar-refractivity contribution in [2.75, 3.05) is 18.0 Å². The topological polar surface area (TPSA) is 89.9 Å². The van der Waals surface area contributed by atoms with Crippen LogP contribution in [0.2, 0.25) is 0 Å². The van der Waals surface area contributed by atoms with Crippen molar-refractivity contribution in [3.05, 3.63) is 99.7 Å². The molecule has 0 saturated heterocycles. The Balaban J connectivity index is 1.33. The summed E-state index contributed by atoms with van der Waals surface area (Å²) < 4.78 is 23.0. The number of furan rings is 2. The average Bonchev–Trinajstić information content (AvgIpc) is 3.59. The van der Waals surface area contributed by atoms with E-state index in [1.807, 2.05) is 36.4 Å². The van der Waals surface area contributed by atoms with E-state index < -0.39 is 11.3 Å². The second-order valence-corrected chi connectivity index (χ2v) is 8.66. The summed E-state index contributed by atoms with van der Waals surface area (Å²) in [7, 11) is 0. The quantitative estimate of drug-likeness (QED) is 0.232. The first-order chi connectivity index (χ1) is 18.0. The fourth-order valence-electron chi connectivity index (χ4n) is 4.52. The predicted molar refractivity (Wildman–Crippen MR) is 143 cm³/mol. The molecule has 0 radical (unpaired) electrons. The summed E-state index contributed by atoms with van der Waals surface area (Å²) in [6.45, 7) is 5.89. The standard InChI is InChI=1S/C30H23NO6/c1-3-31(4-2)20-10-9-19-16-22(30(33)37-28(19)17-20)25-12-14-27(35-25)26-13-11-24(34-26)21-15-18-7-5-6-8-23(18)36-29(21)32/h5-17H,3-4H2,1-2H3. The fraction of sp³-hybridized carbons (Fsp3) is 0.133. The first kappa shape index (κ1) is 22.7. The summed E-state index contributed by atoms with van der Waals surface area (Å²) in [6.07, 6.45) is 0. The molecule has 0 unspecified atom stereocenters. The van der Waals surface area contributed by atoms with Gasteiger partial charge in [-0.15, -0.1) is 0 Å². The largest absolute Gasteiger partial charge is 0.453 e. The number of hydrogen-bond donors (Lipinski definition) is 0. The zero-order valence-corrected chi connectivity index (χ0v) is 20.3. The summed E-state index contributed by atoms with van der Waals surface area (Å²) in [5.74, 6) is 1.56. The molecule has 6 aromatic rings. The fourth-order valence-corrected chi connectivity index (χ4v) is 4.52. The normalized spacial score (nSPS) is 11.4. The van der Waals surface area contributed by atoms with Gasteiger partial charge >= 0.3 is 11.3 Å². The molecule has 37 heavy (non-hydrogen) atoms. The molecule has 184 valence electrons. The van der Waals surface area contributed by atoms with Gasteiger partial charge in [-0.2, -0.15) is 0 Å². The smallest absolute Gasteiger partial charge is 0.347 e. The number of benzene rings is 2. The summed E-state index contributed by atoms with van der Waals surface area (Å²) in [6, 6.07) is 23.4. The van der Waals surface area contributed by atoms with Crippen molar-refractivity contribution in [1.29, 1.82) is 0 Å². The molecule has 4 heterocycles. The SMILES string of the molecule is CCN(CC)c1ccc2cc(-c3ccc(-c4ccc(-c5cc6ccccc6oc5=O)o4)o3)c(=O)oc2c1. The van der Waals surface area contributed by atoms with Gasteiger partial charge in [0.1, 0.15) is 33.8 Å². The average molecular weight is 494 g/mol. The van der Waals surface area contributed by atoms with Crippen molar-refractivity contribution in [2.45, 2.75) is 13.8 Å². The maximum absolute atomic E-state index is 12.8. The molecule has 0 aliphatic carbocycles. The van der Waals surface area contributed by atoms with Gasteiger partial charge in [0.05, 0.1) is 0 Å². The third kappa shape index (κ3) is 4.04. The molecule has 0 amide bonds. The highest BCUT2D eigenvalue weighted by molar-refractivity contribution is 5.84. The Bertz CT molecular complexity index is 1870. The van der Waals surface area contributed by atoms with Crippen LogP contribution in [-0.2, 0) is 0 Å². The van der Waals surface area contributed by atoms with Gasteiger partial charge in [0.15, 0.2) is 11.5 Å². The molecule has 0 fully saturated rings. The summed E-state index contributed by atoms with van der Waals surface area (Å²) >= 11 is 0. The van der Waals surface area contributed by atoms with Crippen LogP contribution in [0.5, 0.6) is 0 Å². The number of hydrogen-bond acceptors (Lipinski definition) is 7. The highest BCUT2D eigenvalue weighted by Crippen LogP contribution is 2.33. The lowest BCUT2D eigenvalue weighted by atomic mass is 10.1. The molecule has 0 N–H and O–H groups in total. The van der Waals surface area contributed by atoms with Crippen molar-refractivity contribution in [3.63, 3.8) is 0 Å². The molecule has 6 rings (SSSR count). The molecule has 0 aliphatic heterocycles. The van der Waals surface area contributed by atoms with E-state index in [1.165, 1.54) is 0 Å². The first-order valence-electron chi connectivity index (χ1n) is 12.1. The Morgan fingerprint density at radius 3 is 1.73 bits per heavy atom. The second kappa shape index (κ2) is 9.02. The van der Waals surface area contributed by atoms with E-state index in [4.69, 9.17) is 17.7 Å². The van der Waals surface area contributed by atoms with E-state index >= 15 is 0 Å². The van der Waals surface area contributed by atoms with Crippen LogP contribution < -0.4 is 16.2 Å². The molecule has 7 heteroatoms. The monoisotopic (exact) mass is 493 g/mol. The second-order valence-electron chi connectivity index (χ2n) is 8.66. The highest BCUT2D eigenvalue weighted by atomic mass is 16.4. The van der Waals surface area contributed by atoms with Gasteiger partial charge in [-0.05, 0) is 68.4 Å². The van der Waals surface area contributed by atoms with Crippen molar-refractivity contribution >= 4 is 27.6 Å². The number of para-hydroxylation sites is 1. The number of fused-ring (bicyclic) bond motifs is 2. The molecule has 4 aromatic heterocycles. The molecule has 0 atom stereocenters. The lowest BCUT2D eigenvalue weighted by molar-refractivity contribution is 0.525. The molecule has 0 saturated carbocycles. The van der Waals surface area contributed by atoms with Crippen molar-refractivity contribution < 1.29 is 17.7 Å². The molecule has 2 aromatic carbocycles. The summed E-state index contributed by atoms with van der Waals surface area (Å²) in [4.78, 5) is 27.5. The van der Waals surface area contributed by atoms with Gasteiger partial charge in [-0.25, -0.2) is 9.59 Å². The Kier molecular flexibility index (Phi) is 5.53. The van der Waals surface area contributed by atoms with Crippen molar-refractivity contribution in [3.8, 4) is 34.2 Å². The first-order valence-corrected chi connectivity index (χ1v) is 12.1. The van der Waals surface area contributed by atoms with Crippen molar-refractivity contribution in [2.24, 2.45) is 0 Å². The van der Waals surface area contributed by atoms with Crippen LogP contribution in [0.15, 0.2) is 106 Å². The van der Waals surface area contributed by atoms with E-state index in [2.05, 4.69) is 18.7 Å². The summed E-state index contributed by atoms with van der Waals surface area (Å²) in [5, 5.41) is 1.59. The minimum absolute atomic E-state index is 0.316. The molecule has 0 bridgehead atoms. The summed E-state index contributed by atoms with van der Waals surface area (Å²) in [5.41, 5.74) is 1.69. The molecule has 0 spiro atoms. The molecular formula is C30H23NO6. The predicted octanol–water partition coefficient (Wildman–Crippen LogP) is 6.93. The van der Waals surface area contributed by atoms with Gasteiger partial charge < -0.3 is 22.6 Å². The zero-order chi connectivity index (χ0) is 25.5. The Labute approximate surface area is 211 Å². The van der Waals surface area contributed by atoms with E-state index in [9.17, 15) is 9.59 Å². The van der Waals surface area contributed by atoms with Gasteiger partial charge in [-0.3, -0.25) is 0 Å². The Morgan fingerprint density at radius 2 is 1.11 bits per heavy atom. The van der Waals surface area contributed by atoms with Crippen LogP contribution in [0, 0.1) is 0 Å². The third-order valence-corrected chi connectivity index (χ3v) is 6.48. The number of nitrogens with zero attached hydrogens (tertiary/aromatic N) is 1. The van der Waals surface area contributed by atoms with E-state index in [1.54, 1.807) is 42.5 Å². The number of anilines is 1. The maximum Gasteiger partial charge on any atom is 0.347 e. The van der Waals surface area contributed by atoms with Crippen LogP contribution in [0.3, 0.4) is 0 Å². The van der Waals surface area contributed by atoms with Crippen molar-refractivity contribution in [1.82, 2.24) is 0 Å². The lowest BCUT2D eigenvalue weighted by Crippen LogP contribution is -2.21. The number of rotatable bonds is 6. The Hall–Kier alpha value is -4.78. The molecule has 0 aliphatic rings. The molecular weight excluding hydrogens is 470 g/mol. The minimum atomic E-state index is -0.488. The van der Waals surface area contributed by atoms with Crippen LogP contribution in [0.25, 0.3) is 56.1 Å². The highest BCUT2D eigenvalue weighted by Gasteiger charge is 2.17. The van der Waals surface area contributed by atoms with E-state index in [-0.39, 0.29) is 0 Å². The van der Waals surface area contributed by atoms with Gasteiger partial charge in [0.25, 0.3) is 0 Å². The van der Waals surface area contributed by atoms with Crippen LogP contribution in [0.1, 0.15) is 13.8 Å². The van der Waals surface area contributed by atoms with E-state index in [0.717, 1.165) is 29.5 Å². The van der Waals surface area contributed by atoms with Gasteiger partial charge in [0, 0.05) is 35.6 Å². The van der Waals surface area contributed by atoms with Crippen LogP contribution in [0.4, 0.5) is 5.69 Å². The van der Waals surface area contributed by atoms with Crippen LogP contribution >= 0.6 is 0 Å². The van der Waals surface area contributed by atoms with Gasteiger partial charge in [0.2, 0.25) is 0 Å². The minimum Gasteiger partial charge on any atom is -0.453 e. The van der Waals surface area contributed by atoms with E-state index in [0.29, 0.717) is 45.3 Å². The third-order valence-electron chi connectivity index (χ3n) is 6.48. The molecule has 7 nitrogen and oxygen atoms in total. The Morgan fingerprint density at radius 1 is 0.568 bits per heavy atom. The zero-order valence-electron chi connectivity index (χ0n) is 20.3. The lowest BCUT2D eigenvalue weighted by Gasteiger charge is -2.20.